The number of carbonyl (C=O) groups is 5. The number of hydrogen-bond acceptors (Lipinski definition) is 7. The number of nitrogens with zero attached hydrogens (tertiary/aromatic N) is 1. The molecule has 1 spiro atoms. The monoisotopic (exact) mass is 728 g/mol. The molecule has 4 amide bonds. The van der Waals surface area contributed by atoms with Gasteiger partial charge in [0.2, 0.25) is 23.6 Å². The number of carbonyl (C=O) groups excluding carboxylic acids is 5. The molecule has 11 nitrogen and oxygen atoms in total. The van der Waals surface area contributed by atoms with Crippen LogP contribution in [-0.2, 0) is 36.8 Å². The van der Waals surface area contributed by atoms with Crippen molar-refractivity contribution in [2.75, 3.05) is 19.6 Å². The Labute approximate surface area is 314 Å². The fourth-order valence-corrected chi connectivity index (χ4v) is 8.01. The molecule has 288 valence electrons. The number of Topliss-reactive ketones (excluding diaryl/α,β-unsaturated/α-hetero) is 1. The van der Waals surface area contributed by atoms with Crippen molar-refractivity contribution in [1.82, 2.24) is 20.9 Å². The van der Waals surface area contributed by atoms with E-state index in [0.29, 0.717) is 51.1 Å². The van der Waals surface area contributed by atoms with Crippen LogP contribution in [0, 0.1) is 23.2 Å². The Morgan fingerprint density at radius 3 is 1.85 bits per heavy atom. The van der Waals surface area contributed by atoms with Gasteiger partial charge in [0.25, 0.3) is 0 Å². The van der Waals surface area contributed by atoms with E-state index in [1.54, 1.807) is 0 Å². The van der Waals surface area contributed by atoms with Crippen molar-refractivity contribution in [3.63, 3.8) is 0 Å². The topological polar surface area (TPSA) is 177 Å². The van der Waals surface area contributed by atoms with Crippen LogP contribution in [0.5, 0.6) is 0 Å². The van der Waals surface area contributed by atoms with Gasteiger partial charge in [-0.15, -0.1) is 0 Å². The molecule has 0 bridgehead atoms. The standard InChI is InChI=1S/C42H60N6O5/c1-28(2)23-35(47-40(52)36(25-30-13-7-4-8-14-30)46-38(50)33(44)24-29-11-5-3-6-12-29)39(51)45-34(15-9-10-20-43)41(53)48-21-18-42(19-22-48)26-32(27-42)37(49)31-16-17-31/h3-8,11-14,28,31-36H,9-10,15-27,43-44H2,1-2H3,(H,45,51)(H,46,50)(H,47,52)/t33-,34-,35-,36-/m1/s1. The summed E-state index contributed by atoms with van der Waals surface area (Å²) in [5, 5.41) is 8.79. The molecule has 3 fully saturated rings. The third-order valence-corrected chi connectivity index (χ3v) is 11.3. The van der Waals surface area contributed by atoms with Crippen LogP contribution in [0.3, 0.4) is 0 Å². The van der Waals surface area contributed by atoms with Crippen molar-refractivity contribution >= 4 is 29.4 Å². The van der Waals surface area contributed by atoms with Crippen molar-refractivity contribution in [1.29, 1.82) is 0 Å². The minimum Gasteiger partial charge on any atom is -0.343 e. The molecule has 1 aliphatic heterocycles. The zero-order valence-corrected chi connectivity index (χ0v) is 31.6. The third kappa shape index (κ3) is 11.5. The van der Waals surface area contributed by atoms with Crippen LogP contribution in [0.2, 0.25) is 0 Å². The molecule has 1 saturated heterocycles. The van der Waals surface area contributed by atoms with Gasteiger partial charge in [-0.2, -0.15) is 0 Å². The molecular weight excluding hydrogens is 668 g/mol. The fraction of sp³-hybridized carbons (Fsp3) is 0.595. The number of nitrogens with one attached hydrogen (secondary N) is 3. The quantitative estimate of drug-likeness (QED) is 0.138. The summed E-state index contributed by atoms with van der Waals surface area (Å²) in [5.74, 6) is -0.540. The second kappa shape index (κ2) is 18.8. The Morgan fingerprint density at radius 2 is 1.28 bits per heavy atom. The molecule has 2 aromatic carbocycles. The zero-order chi connectivity index (χ0) is 38.0. The van der Waals surface area contributed by atoms with E-state index in [1.807, 2.05) is 79.4 Å². The lowest BCUT2D eigenvalue weighted by atomic mass is 9.56. The summed E-state index contributed by atoms with van der Waals surface area (Å²) in [4.78, 5) is 69.8. The van der Waals surface area contributed by atoms with Crippen molar-refractivity contribution in [3.8, 4) is 0 Å². The van der Waals surface area contributed by atoms with Crippen LogP contribution in [0.1, 0.15) is 89.2 Å². The summed E-state index contributed by atoms with van der Waals surface area (Å²) in [6.07, 6.45) is 8.37. The summed E-state index contributed by atoms with van der Waals surface area (Å²) >= 11 is 0. The van der Waals surface area contributed by atoms with Crippen LogP contribution >= 0.6 is 0 Å². The van der Waals surface area contributed by atoms with Crippen molar-refractivity contribution in [2.24, 2.45) is 34.6 Å². The minimum absolute atomic E-state index is 0.0512. The first-order valence-electron chi connectivity index (χ1n) is 19.7. The van der Waals surface area contributed by atoms with Crippen LogP contribution in [0.25, 0.3) is 0 Å². The van der Waals surface area contributed by atoms with Gasteiger partial charge in [-0.1, -0.05) is 74.5 Å². The average Bonchev–Trinajstić information content (AvgIpc) is 3.99. The Balaban J connectivity index is 1.23. The van der Waals surface area contributed by atoms with E-state index in [4.69, 9.17) is 11.5 Å². The molecule has 3 aliphatic rings. The highest BCUT2D eigenvalue weighted by molar-refractivity contribution is 5.95. The first kappa shape index (κ1) is 40.1. The summed E-state index contributed by atoms with van der Waals surface area (Å²) in [7, 11) is 0. The second-order valence-corrected chi connectivity index (χ2v) is 16.2. The Bertz CT molecular complexity index is 1530. The molecule has 0 aromatic heterocycles. The van der Waals surface area contributed by atoms with Gasteiger partial charge in [-0.3, -0.25) is 24.0 Å². The summed E-state index contributed by atoms with van der Waals surface area (Å²) in [6.45, 7) is 5.62. The van der Waals surface area contributed by atoms with E-state index < -0.39 is 41.9 Å². The predicted octanol–water partition coefficient (Wildman–Crippen LogP) is 3.43. The number of unbranched alkanes of at least 4 members (excludes halogenated alkanes) is 1. The molecular formula is C42H60N6O5. The summed E-state index contributed by atoms with van der Waals surface area (Å²) in [5.41, 5.74) is 14.0. The van der Waals surface area contributed by atoms with E-state index >= 15 is 0 Å². The highest BCUT2D eigenvalue weighted by atomic mass is 16.2. The van der Waals surface area contributed by atoms with Gasteiger partial charge in [-0.05, 0) is 99.6 Å². The van der Waals surface area contributed by atoms with E-state index in [0.717, 1.165) is 56.1 Å². The summed E-state index contributed by atoms with van der Waals surface area (Å²) < 4.78 is 0. The number of rotatable bonds is 19. The molecule has 4 atom stereocenters. The molecule has 2 aliphatic carbocycles. The first-order valence-corrected chi connectivity index (χ1v) is 19.7. The van der Waals surface area contributed by atoms with E-state index in [9.17, 15) is 24.0 Å². The highest BCUT2D eigenvalue weighted by Gasteiger charge is 2.51. The predicted molar refractivity (Wildman–Crippen MR) is 205 cm³/mol. The number of piperidine rings is 1. The smallest absolute Gasteiger partial charge is 0.245 e. The average molecular weight is 729 g/mol. The second-order valence-electron chi connectivity index (χ2n) is 16.2. The van der Waals surface area contributed by atoms with Gasteiger partial charge in [0.05, 0.1) is 6.04 Å². The van der Waals surface area contributed by atoms with Crippen LogP contribution in [0.4, 0.5) is 0 Å². The maximum atomic E-state index is 14.0. The Morgan fingerprint density at radius 1 is 0.736 bits per heavy atom. The van der Waals surface area contributed by atoms with Gasteiger partial charge in [-0.25, -0.2) is 0 Å². The zero-order valence-electron chi connectivity index (χ0n) is 31.6. The lowest BCUT2D eigenvalue weighted by molar-refractivity contribution is -0.144. The number of hydrogen-bond donors (Lipinski definition) is 5. The third-order valence-electron chi connectivity index (χ3n) is 11.3. The van der Waals surface area contributed by atoms with Crippen molar-refractivity contribution in [2.45, 2.75) is 115 Å². The van der Waals surface area contributed by atoms with Gasteiger partial charge in [0, 0.05) is 31.3 Å². The highest BCUT2D eigenvalue weighted by Crippen LogP contribution is 2.55. The molecule has 11 heteroatoms. The Kier molecular flexibility index (Phi) is 14.2. The molecule has 5 rings (SSSR count). The number of ketones is 1. The lowest BCUT2D eigenvalue weighted by Crippen LogP contribution is -2.59. The number of likely N-dealkylation sites (tertiary alicyclic amines) is 1. The maximum Gasteiger partial charge on any atom is 0.245 e. The van der Waals surface area contributed by atoms with Crippen molar-refractivity contribution in [3.05, 3.63) is 71.8 Å². The molecule has 2 saturated carbocycles. The van der Waals surface area contributed by atoms with Gasteiger partial charge < -0.3 is 32.3 Å². The minimum atomic E-state index is -0.984. The van der Waals surface area contributed by atoms with E-state index in [1.165, 1.54) is 0 Å². The van der Waals surface area contributed by atoms with Gasteiger partial charge in [0.1, 0.15) is 23.9 Å². The lowest BCUT2D eigenvalue weighted by Gasteiger charge is -2.52. The van der Waals surface area contributed by atoms with Gasteiger partial charge >= 0.3 is 0 Å². The van der Waals surface area contributed by atoms with Gasteiger partial charge in [0.15, 0.2) is 0 Å². The number of nitrogens with two attached hydrogens (primary N) is 2. The SMILES string of the molecule is CC(C)C[C@@H](NC(=O)[C@@H](Cc1ccccc1)NC(=O)[C@H](N)Cc1ccccc1)C(=O)N[C@H](CCCCN)C(=O)N1CCC2(CC1)CC(C(=O)C1CC1)C2. The molecule has 0 radical (unpaired) electrons. The first-order chi connectivity index (χ1) is 25.5. The number of amides is 4. The Hall–Kier alpha value is -4.09. The number of benzene rings is 2. The maximum absolute atomic E-state index is 14.0. The summed E-state index contributed by atoms with van der Waals surface area (Å²) in [6, 6.07) is 15.3. The fourth-order valence-electron chi connectivity index (χ4n) is 8.01. The van der Waals surface area contributed by atoms with E-state index in [-0.39, 0.29) is 35.5 Å². The van der Waals surface area contributed by atoms with Crippen LogP contribution in [0.15, 0.2) is 60.7 Å². The van der Waals surface area contributed by atoms with Crippen LogP contribution < -0.4 is 27.4 Å². The molecule has 0 unspecified atom stereocenters. The van der Waals surface area contributed by atoms with Crippen LogP contribution in [-0.4, -0.2) is 78.1 Å². The van der Waals surface area contributed by atoms with Crippen molar-refractivity contribution < 1.29 is 24.0 Å². The molecule has 1 heterocycles. The van der Waals surface area contributed by atoms with E-state index in [2.05, 4.69) is 16.0 Å². The normalized spacial score (nSPS) is 19.1. The molecule has 53 heavy (non-hydrogen) atoms. The largest absolute Gasteiger partial charge is 0.343 e. The molecule has 7 N–H and O–H groups in total. The molecule has 2 aromatic rings.